The molecule has 1 rings (SSSR count). The summed E-state index contributed by atoms with van der Waals surface area (Å²) in [5.74, 6) is -2.05. The predicted octanol–water partition coefficient (Wildman–Crippen LogP) is 0.407. The van der Waals surface area contributed by atoms with Crippen LogP contribution in [0.5, 0.6) is 0 Å². The summed E-state index contributed by atoms with van der Waals surface area (Å²) in [4.78, 5) is 35.9. The summed E-state index contributed by atoms with van der Waals surface area (Å²) >= 11 is 0. The number of hydrogen-bond donors (Lipinski definition) is 2. The molecule has 0 radical (unpaired) electrons. The molecule has 0 unspecified atom stereocenters. The molecule has 9 heteroatoms. The number of rotatable bonds is 7. The highest BCUT2D eigenvalue weighted by Gasteiger charge is 2.23. The first kappa shape index (κ1) is 15.6. The van der Waals surface area contributed by atoms with Crippen LogP contribution in [0.1, 0.15) is 20.3 Å². The minimum absolute atomic E-state index is 0.0179. The van der Waals surface area contributed by atoms with Gasteiger partial charge >= 0.3 is 11.8 Å². The Morgan fingerprint density at radius 2 is 2.20 bits per heavy atom. The molecule has 0 fully saturated rings. The lowest BCUT2D eigenvalue weighted by atomic mass is 10.0. The molecule has 1 amide bonds. The monoisotopic (exact) mass is 284 g/mol. The van der Waals surface area contributed by atoms with Gasteiger partial charge in [0.2, 0.25) is 12.2 Å². The van der Waals surface area contributed by atoms with Crippen LogP contribution in [0.25, 0.3) is 0 Å². The standard InChI is InChI=1S/C11H16N4O5/c1-7(2)10(11(17)18)13-9(16)3-4-14-5-8(12-6-14)15(19)20/h5-7,10H,3-4H2,1-2H3,(H,13,16)(H,17,18)/t10-/m0/s1. The van der Waals surface area contributed by atoms with Gasteiger partial charge in [-0.25, -0.2) is 4.79 Å². The molecule has 2 N–H and O–H groups in total. The van der Waals surface area contributed by atoms with Crippen molar-refractivity contribution in [1.29, 1.82) is 0 Å². The van der Waals surface area contributed by atoms with E-state index in [0.717, 1.165) is 0 Å². The molecule has 1 heterocycles. The normalized spacial score (nSPS) is 12.2. The highest BCUT2D eigenvalue weighted by Crippen LogP contribution is 2.07. The molecule has 9 nitrogen and oxygen atoms in total. The largest absolute Gasteiger partial charge is 0.480 e. The fourth-order valence-electron chi connectivity index (χ4n) is 1.55. The van der Waals surface area contributed by atoms with Crippen molar-refractivity contribution in [2.24, 2.45) is 5.92 Å². The fourth-order valence-corrected chi connectivity index (χ4v) is 1.55. The van der Waals surface area contributed by atoms with Crippen LogP contribution >= 0.6 is 0 Å². The van der Waals surface area contributed by atoms with Gasteiger partial charge in [-0.15, -0.1) is 0 Å². The summed E-state index contributed by atoms with van der Waals surface area (Å²) in [6.07, 6.45) is 2.48. The molecular formula is C11H16N4O5. The number of carbonyl (C=O) groups is 2. The highest BCUT2D eigenvalue weighted by atomic mass is 16.6. The number of carboxylic acids is 1. The van der Waals surface area contributed by atoms with Gasteiger partial charge in [-0.2, -0.15) is 0 Å². The van der Waals surface area contributed by atoms with E-state index in [1.807, 2.05) is 0 Å². The minimum Gasteiger partial charge on any atom is -0.480 e. The average Bonchev–Trinajstić information content (AvgIpc) is 2.81. The number of carboxylic acid groups (broad SMARTS) is 1. The second kappa shape index (κ2) is 6.64. The molecule has 0 aliphatic rings. The number of aliphatic carboxylic acids is 1. The van der Waals surface area contributed by atoms with Gasteiger partial charge in [0, 0.05) is 13.0 Å². The number of hydrogen-bond acceptors (Lipinski definition) is 5. The molecule has 0 saturated heterocycles. The molecule has 20 heavy (non-hydrogen) atoms. The maximum atomic E-state index is 11.6. The number of nitro groups is 1. The van der Waals surface area contributed by atoms with Crippen molar-refractivity contribution in [2.75, 3.05) is 0 Å². The van der Waals surface area contributed by atoms with E-state index in [1.54, 1.807) is 13.8 Å². The SMILES string of the molecule is CC(C)[C@H](NC(=O)CCn1cnc([N+](=O)[O-])c1)C(=O)O. The van der Waals surface area contributed by atoms with E-state index in [9.17, 15) is 19.7 Å². The number of carbonyl (C=O) groups excluding carboxylic acids is 1. The van der Waals surface area contributed by atoms with Gasteiger partial charge in [0.25, 0.3) is 0 Å². The van der Waals surface area contributed by atoms with Crippen LogP contribution in [0.2, 0.25) is 0 Å². The topological polar surface area (TPSA) is 127 Å². The van der Waals surface area contributed by atoms with Crippen LogP contribution < -0.4 is 5.32 Å². The summed E-state index contributed by atoms with van der Waals surface area (Å²) in [5, 5.41) is 21.8. The van der Waals surface area contributed by atoms with Crippen molar-refractivity contribution in [1.82, 2.24) is 14.9 Å². The molecule has 0 aromatic carbocycles. The van der Waals surface area contributed by atoms with Crippen molar-refractivity contribution in [2.45, 2.75) is 32.9 Å². The summed E-state index contributed by atoms with van der Waals surface area (Å²) in [5.41, 5.74) is 0. The maximum Gasteiger partial charge on any atom is 0.381 e. The molecule has 0 bridgehead atoms. The number of aryl methyl sites for hydroxylation is 1. The van der Waals surface area contributed by atoms with Gasteiger partial charge in [-0.1, -0.05) is 13.8 Å². The predicted molar refractivity (Wildman–Crippen MR) is 67.9 cm³/mol. The van der Waals surface area contributed by atoms with Gasteiger partial charge in [0.05, 0.1) is 0 Å². The number of imidazole rings is 1. The quantitative estimate of drug-likeness (QED) is 0.551. The molecule has 1 atom stereocenters. The maximum absolute atomic E-state index is 11.6. The van der Waals surface area contributed by atoms with Crippen LogP contribution in [-0.4, -0.2) is 37.5 Å². The van der Waals surface area contributed by atoms with Crippen molar-refractivity contribution in [3.63, 3.8) is 0 Å². The Morgan fingerprint density at radius 1 is 1.55 bits per heavy atom. The summed E-state index contributed by atoms with van der Waals surface area (Å²) in [6, 6.07) is -0.945. The summed E-state index contributed by atoms with van der Waals surface area (Å²) in [7, 11) is 0. The zero-order chi connectivity index (χ0) is 15.3. The van der Waals surface area contributed by atoms with Gasteiger partial charge in [-0.3, -0.25) is 4.79 Å². The Bertz CT molecular complexity index is 511. The molecule has 0 saturated carbocycles. The Hall–Kier alpha value is -2.45. The number of nitrogens with one attached hydrogen (secondary N) is 1. The van der Waals surface area contributed by atoms with E-state index in [1.165, 1.54) is 17.1 Å². The Labute approximate surface area is 114 Å². The molecule has 110 valence electrons. The van der Waals surface area contributed by atoms with Gasteiger partial charge in [0.1, 0.15) is 12.2 Å². The minimum atomic E-state index is -1.09. The molecule has 0 aliphatic heterocycles. The third kappa shape index (κ3) is 4.34. The highest BCUT2D eigenvalue weighted by molar-refractivity contribution is 5.83. The van der Waals surface area contributed by atoms with E-state index >= 15 is 0 Å². The summed E-state index contributed by atoms with van der Waals surface area (Å²) in [6.45, 7) is 3.58. The molecule has 1 aromatic rings. The van der Waals surface area contributed by atoms with Crippen LogP contribution in [0.4, 0.5) is 5.82 Å². The van der Waals surface area contributed by atoms with Crippen molar-refractivity contribution >= 4 is 17.7 Å². The van der Waals surface area contributed by atoms with E-state index in [-0.39, 0.29) is 24.7 Å². The van der Waals surface area contributed by atoms with Crippen LogP contribution in [-0.2, 0) is 16.1 Å². The third-order valence-corrected chi connectivity index (χ3v) is 2.65. The first-order chi connectivity index (χ1) is 9.31. The van der Waals surface area contributed by atoms with E-state index in [2.05, 4.69) is 10.3 Å². The van der Waals surface area contributed by atoms with E-state index in [0.29, 0.717) is 0 Å². The lowest BCUT2D eigenvalue weighted by Gasteiger charge is -2.17. The molecule has 0 spiro atoms. The third-order valence-electron chi connectivity index (χ3n) is 2.65. The van der Waals surface area contributed by atoms with Gasteiger partial charge in [-0.05, 0) is 15.8 Å². The van der Waals surface area contributed by atoms with E-state index < -0.39 is 22.8 Å². The van der Waals surface area contributed by atoms with Gasteiger partial charge in [0.15, 0.2) is 0 Å². The molecule has 0 aliphatic carbocycles. The Kier molecular flexibility index (Phi) is 5.18. The zero-order valence-electron chi connectivity index (χ0n) is 11.1. The number of nitrogens with zero attached hydrogens (tertiary/aromatic N) is 3. The van der Waals surface area contributed by atoms with Crippen molar-refractivity contribution in [3.05, 3.63) is 22.6 Å². The smallest absolute Gasteiger partial charge is 0.381 e. The first-order valence-corrected chi connectivity index (χ1v) is 5.99. The van der Waals surface area contributed by atoms with Gasteiger partial charge < -0.3 is 25.1 Å². The Balaban J connectivity index is 2.50. The fraction of sp³-hybridized carbons (Fsp3) is 0.545. The zero-order valence-corrected chi connectivity index (χ0v) is 11.1. The second-order valence-corrected chi connectivity index (χ2v) is 4.60. The van der Waals surface area contributed by atoms with Crippen molar-refractivity contribution in [3.8, 4) is 0 Å². The first-order valence-electron chi connectivity index (χ1n) is 5.99. The van der Waals surface area contributed by atoms with Crippen LogP contribution in [0.3, 0.4) is 0 Å². The van der Waals surface area contributed by atoms with Crippen LogP contribution in [0.15, 0.2) is 12.5 Å². The molecular weight excluding hydrogens is 268 g/mol. The lowest BCUT2D eigenvalue weighted by molar-refractivity contribution is -0.389. The second-order valence-electron chi connectivity index (χ2n) is 4.60. The lowest BCUT2D eigenvalue weighted by Crippen LogP contribution is -2.44. The Morgan fingerprint density at radius 3 is 2.65 bits per heavy atom. The molecule has 1 aromatic heterocycles. The summed E-state index contributed by atoms with van der Waals surface area (Å²) < 4.78 is 1.41. The van der Waals surface area contributed by atoms with Crippen LogP contribution in [0, 0.1) is 16.0 Å². The van der Waals surface area contributed by atoms with Crippen molar-refractivity contribution < 1.29 is 19.6 Å². The number of amides is 1. The van der Waals surface area contributed by atoms with E-state index in [4.69, 9.17) is 5.11 Å². The number of aromatic nitrogens is 2. The average molecular weight is 284 g/mol.